The quantitative estimate of drug-likeness (QED) is 0.811. The van der Waals surface area contributed by atoms with Gasteiger partial charge in [0.25, 0.3) is 0 Å². The molecule has 0 radical (unpaired) electrons. The number of esters is 1. The molecule has 0 spiro atoms. The van der Waals surface area contributed by atoms with Crippen molar-refractivity contribution in [3.05, 3.63) is 34.4 Å². The summed E-state index contributed by atoms with van der Waals surface area (Å²) in [5, 5.41) is 9.49. The van der Waals surface area contributed by atoms with Crippen molar-refractivity contribution >= 4 is 11.9 Å². The maximum Gasteiger partial charge on any atom is 0.339 e. The molecule has 0 bridgehead atoms. The molecule has 0 atom stereocenters. The van der Waals surface area contributed by atoms with Gasteiger partial charge in [-0.1, -0.05) is 26.8 Å². The van der Waals surface area contributed by atoms with Crippen LogP contribution in [0.1, 0.15) is 59.5 Å². The zero-order valence-corrected chi connectivity index (χ0v) is 12.5. The third-order valence-corrected chi connectivity index (χ3v) is 3.11. The third kappa shape index (κ3) is 3.59. The summed E-state index contributed by atoms with van der Waals surface area (Å²) in [6, 6.07) is 3.39. The topological polar surface area (TPSA) is 63.6 Å². The van der Waals surface area contributed by atoms with Crippen LogP contribution in [-0.2, 0) is 17.6 Å². The lowest BCUT2D eigenvalue weighted by Crippen LogP contribution is -2.17. The Kier molecular flexibility index (Phi) is 5.74. The van der Waals surface area contributed by atoms with Crippen LogP contribution in [0, 0.1) is 5.92 Å². The zero-order valence-electron chi connectivity index (χ0n) is 12.5. The lowest BCUT2D eigenvalue weighted by molar-refractivity contribution is 0.0514. The fourth-order valence-corrected chi connectivity index (χ4v) is 2.29. The molecule has 4 heteroatoms. The van der Waals surface area contributed by atoms with E-state index >= 15 is 0 Å². The molecule has 0 saturated carbocycles. The van der Waals surface area contributed by atoms with Gasteiger partial charge in [-0.25, -0.2) is 9.59 Å². The second kappa shape index (κ2) is 7.08. The first kappa shape index (κ1) is 16.2. The van der Waals surface area contributed by atoms with Gasteiger partial charge in [0.05, 0.1) is 17.7 Å². The predicted molar refractivity (Wildman–Crippen MR) is 77.3 cm³/mol. The molecule has 1 rings (SSSR count). The van der Waals surface area contributed by atoms with E-state index in [1.54, 1.807) is 13.0 Å². The maximum absolute atomic E-state index is 11.9. The first-order valence-corrected chi connectivity index (χ1v) is 6.97. The molecular weight excluding hydrogens is 256 g/mol. The second-order valence-electron chi connectivity index (χ2n) is 5.10. The highest BCUT2D eigenvalue weighted by Gasteiger charge is 2.23. The first-order chi connectivity index (χ1) is 9.42. The average molecular weight is 278 g/mol. The number of carboxylic acid groups (broad SMARTS) is 1. The number of ether oxygens (including phenoxy) is 1. The predicted octanol–water partition coefficient (Wildman–Crippen LogP) is 3.32. The molecule has 0 fully saturated rings. The number of carbonyl (C=O) groups is 2. The molecule has 0 unspecified atom stereocenters. The maximum atomic E-state index is 11.9. The Bertz CT molecular complexity index is 503. The Morgan fingerprint density at radius 3 is 2.35 bits per heavy atom. The van der Waals surface area contributed by atoms with Gasteiger partial charge in [-0.3, -0.25) is 0 Å². The highest BCUT2D eigenvalue weighted by molar-refractivity contribution is 6.03. The van der Waals surface area contributed by atoms with E-state index in [2.05, 4.69) is 0 Å². The first-order valence-electron chi connectivity index (χ1n) is 6.97. The number of aromatic carboxylic acids is 1. The van der Waals surface area contributed by atoms with Gasteiger partial charge < -0.3 is 9.84 Å². The molecule has 0 heterocycles. The Morgan fingerprint density at radius 1 is 1.25 bits per heavy atom. The van der Waals surface area contributed by atoms with Crippen molar-refractivity contribution in [2.24, 2.45) is 5.92 Å². The van der Waals surface area contributed by atoms with Gasteiger partial charge in [0, 0.05) is 0 Å². The van der Waals surface area contributed by atoms with Gasteiger partial charge in [-0.05, 0) is 42.9 Å². The number of hydrogen-bond acceptors (Lipinski definition) is 3. The van der Waals surface area contributed by atoms with Crippen LogP contribution in [0.25, 0.3) is 0 Å². The van der Waals surface area contributed by atoms with Crippen molar-refractivity contribution in [3.8, 4) is 0 Å². The molecule has 1 aromatic rings. The molecule has 0 aliphatic rings. The van der Waals surface area contributed by atoms with Gasteiger partial charge in [0.1, 0.15) is 0 Å². The zero-order chi connectivity index (χ0) is 15.3. The minimum Gasteiger partial charge on any atom is -0.478 e. The van der Waals surface area contributed by atoms with Crippen LogP contribution < -0.4 is 0 Å². The Morgan fingerprint density at radius 2 is 1.90 bits per heavy atom. The molecule has 0 aliphatic heterocycles. The summed E-state index contributed by atoms with van der Waals surface area (Å²) in [6.07, 6.45) is 1.38. The number of rotatable bonds is 6. The normalized spacial score (nSPS) is 10.7. The van der Waals surface area contributed by atoms with E-state index in [-0.39, 0.29) is 17.7 Å². The van der Waals surface area contributed by atoms with E-state index < -0.39 is 11.9 Å². The summed E-state index contributed by atoms with van der Waals surface area (Å²) in [5.74, 6) is -1.33. The summed E-state index contributed by atoms with van der Waals surface area (Å²) in [5.41, 5.74) is 1.97. The lowest BCUT2D eigenvalue weighted by atomic mass is 9.89. The highest BCUT2D eigenvalue weighted by Crippen LogP contribution is 2.24. The van der Waals surface area contributed by atoms with Gasteiger partial charge in [0.2, 0.25) is 0 Å². The van der Waals surface area contributed by atoms with Crippen molar-refractivity contribution in [2.45, 2.75) is 40.5 Å². The van der Waals surface area contributed by atoms with Gasteiger partial charge in [-0.15, -0.1) is 0 Å². The molecule has 0 saturated heterocycles. The van der Waals surface area contributed by atoms with E-state index in [0.717, 1.165) is 17.5 Å². The van der Waals surface area contributed by atoms with Crippen LogP contribution >= 0.6 is 0 Å². The van der Waals surface area contributed by atoms with E-state index in [1.807, 2.05) is 26.8 Å². The Labute approximate surface area is 119 Å². The fraction of sp³-hybridized carbons (Fsp3) is 0.500. The third-order valence-electron chi connectivity index (χ3n) is 3.11. The molecule has 4 nitrogen and oxygen atoms in total. The summed E-state index contributed by atoms with van der Waals surface area (Å²) < 4.78 is 4.95. The van der Waals surface area contributed by atoms with E-state index in [9.17, 15) is 14.7 Å². The SMILES string of the molecule is CCOC(=O)c1ccc(CC)c(CC(C)C)c1C(=O)O. The lowest BCUT2D eigenvalue weighted by Gasteiger charge is -2.16. The van der Waals surface area contributed by atoms with Crippen LogP contribution in [0.5, 0.6) is 0 Å². The van der Waals surface area contributed by atoms with Crippen LogP contribution in [0.15, 0.2) is 12.1 Å². The minimum atomic E-state index is -1.07. The summed E-state index contributed by atoms with van der Waals surface area (Å²) in [6.45, 7) is 7.97. The Hall–Kier alpha value is -1.84. The average Bonchev–Trinajstić information content (AvgIpc) is 2.37. The van der Waals surface area contributed by atoms with E-state index in [0.29, 0.717) is 12.3 Å². The second-order valence-corrected chi connectivity index (χ2v) is 5.10. The molecule has 110 valence electrons. The molecule has 1 aromatic carbocycles. The van der Waals surface area contributed by atoms with Gasteiger partial charge >= 0.3 is 11.9 Å². The molecule has 0 amide bonds. The summed E-state index contributed by atoms with van der Waals surface area (Å²) in [4.78, 5) is 23.5. The number of carbonyl (C=O) groups excluding carboxylic acids is 1. The number of aryl methyl sites for hydroxylation is 1. The molecule has 0 aliphatic carbocycles. The molecule has 1 N–H and O–H groups in total. The van der Waals surface area contributed by atoms with Crippen LogP contribution in [0.3, 0.4) is 0 Å². The van der Waals surface area contributed by atoms with Crippen molar-refractivity contribution < 1.29 is 19.4 Å². The Balaban J connectivity index is 3.47. The standard InChI is InChI=1S/C16H22O4/c1-5-11-7-8-12(16(19)20-6-2)14(15(17)18)13(11)9-10(3)4/h7-8,10H,5-6,9H2,1-4H3,(H,17,18). The number of hydrogen-bond donors (Lipinski definition) is 1. The van der Waals surface area contributed by atoms with Crippen molar-refractivity contribution in [3.63, 3.8) is 0 Å². The monoisotopic (exact) mass is 278 g/mol. The molecule has 20 heavy (non-hydrogen) atoms. The van der Waals surface area contributed by atoms with Gasteiger partial charge in [0.15, 0.2) is 0 Å². The fourth-order valence-electron chi connectivity index (χ4n) is 2.29. The van der Waals surface area contributed by atoms with E-state index in [1.165, 1.54) is 0 Å². The van der Waals surface area contributed by atoms with Gasteiger partial charge in [-0.2, -0.15) is 0 Å². The van der Waals surface area contributed by atoms with E-state index in [4.69, 9.17) is 4.74 Å². The van der Waals surface area contributed by atoms with Crippen LogP contribution in [0.4, 0.5) is 0 Å². The largest absolute Gasteiger partial charge is 0.478 e. The minimum absolute atomic E-state index is 0.0940. The van der Waals surface area contributed by atoms with Crippen molar-refractivity contribution in [2.75, 3.05) is 6.61 Å². The smallest absolute Gasteiger partial charge is 0.339 e. The summed E-state index contributed by atoms with van der Waals surface area (Å²) in [7, 11) is 0. The van der Waals surface area contributed by atoms with Crippen molar-refractivity contribution in [1.82, 2.24) is 0 Å². The van der Waals surface area contributed by atoms with Crippen molar-refractivity contribution in [1.29, 1.82) is 0 Å². The van der Waals surface area contributed by atoms with Crippen LogP contribution in [0.2, 0.25) is 0 Å². The summed E-state index contributed by atoms with van der Waals surface area (Å²) >= 11 is 0. The van der Waals surface area contributed by atoms with Crippen LogP contribution in [-0.4, -0.2) is 23.7 Å². The number of carboxylic acids is 1. The highest BCUT2D eigenvalue weighted by atomic mass is 16.5. The molecular formula is C16H22O4. The number of benzene rings is 1. The molecule has 0 aromatic heterocycles.